The number of carbonyl (C=O) groups is 3. The Morgan fingerprint density at radius 2 is 1.42 bits per heavy atom. The molecule has 1 aliphatic heterocycles. The van der Waals surface area contributed by atoms with Crippen molar-refractivity contribution in [2.24, 2.45) is 0 Å². The largest absolute Gasteiger partial charge is 0.459 e. The molecule has 1 heterocycles. The average molecular weight is 455 g/mol. The summed E-state index contributed by atoms with van der Waals surface area (Å²) < 4.78 is 16.4. The molecule has 0 aliphatic carbocycles. The van der Waals surface area contributed by atoms with Crippen LogP contribution in [0.4, 0.5) is 4.79 Å². The molecule has 0 bridgehead atoms. The Hall–Kier alpha value is -3.39. The maximum Gasteiger partial charge on any atom is 0.410 e. The molecule has 8 heteroatoms. The summed E-state index contributed by atoms with van der Waals surface area (Å²) in [6.07, 6.45) is -0.699. The number of hydrogen-bond donors (Lipinski definition) is 1. The van der Waals surface area contributed by atoms with Gasteiger partial charge in [0.1, 0.15) is 24.9 Å². The number of amides is 1. The molecule has 1 N–H and O–H groups in total. The number of nitrogens with one attached hydrogen (secondary N) is 1. The normalized spacial score (nSPS) is 18.3. The molecule has 1 saturated heterocycles. The predicted molar refractivity (Wildman–Crippen MR) is 121 cm³/mol. The Balaban J connectivity index is 1.76. The molecular weight excluding hydrogens is 424 g/mol. The second-order valence-electron chi connectivity index (χ2n) is 8.74. The number of carbonyl (C=O) groups excluding carboxylic acids is 3. The molecular formula is C25H30N2O6. The lowest BCUT2D eigenvalue weighted by Gasteiger charge is -2.39. The van der Waals surface area contributed by atoms with Crippen LogP contribution in [-0.4, -0.2) is 53.7 Å². The summed E-state index contributed by atoms with van der Waals surface area (Å²) in [4.78, 5) is 40.2. The second-order valence-corrected chi connectivity index (χ2v) is 8.74. The molecule has 1 aliphatic rings. The van der Waals surface area contributed by atoms with E-state index in [9.17, 15) is 14.4 Å². The Labute approximate surface area is 193 Å². The molecule has 176 valence electrons. The van der Waals surface area contributed by atoms with E-state index in [1.54, 1.807) is 20.8 Å². The maximum atomic E-state index is 13.1. The SMILES string of the molecule is CC(C)(C)OC(=O)[C@H]1NCCN(C(=O)OCc2ccccc2)[C@H]1C(=O)OCc1ccccc1. The lowest BCUT2D eigenvalue weighted by atomic mass is 10.0. The van der Waals surface area contributed by atoms with Gasteiger partial charge >= 0.3 is 18.0 Å². The molecule has 2 aromatic carbocycles. The zero-order valence-electron chi connectivity index (χ0n) is 19.2. The number of esters is 2. The third kappa shape index (κ3) is 7.05. The van der Waals surface area contributed by atoms with Crippen molar-refractivity contribution in [3.8, 4) is 0 Å². The molecule has 8 nitrogen and oxygen atoms in total. The van der Waals surface area contributed by atoms with E-state index in [-0.39, 0.29) is 19.8 Å². The molecule has 0 unspecified atom stereocenters. The molecule has 0 aromatic heterocycles. The number of piperazine rings is 1. The molecule has 3 rings (SSSR count). The number of rotatable bonds is 6. The van der Waals surface area contributed by atoms with Gasteiger partial charge in [-0.3, -0.25) is 9.69 Å². The van der Waals surface area contributed by atoms with E-state index in [0.717, 1.165) is 11.1 Å². The molecule has 33 heavy (non-hydrogen) atoms. The first-order valence-corrected chi connectivity index (χ1v) is 10.9. The molecule has 0 radical (unpaired) electrons. The standard InChI is InChI=1S/C25H30N2O6/c1-25(2,3)33-22(28)20-21(23(29)31-16-18-10-6-4-7-11-18)27(15-14-26-20)24(30)32-17-19-12-8-5-9-13-19/h4-13,20-21,26H,14-17H2,1-3H3/t20-,21+/m0/s1. The Morgan fingerprint density at radius 1 is 0.879 bits per heavy atom. The fraction of sp³-hybridized carbons (Fsp3) is 0.400. The molecule has 2 atom stereocenters. The highest BCUT2D eigenvalue weighted by Crippen LogP contribution is 2.19. The summed E-state index contributed by atoms with van der Waals surface area (Å²) in [6.45, 7) is 5.76. The van der Waals surface area contributed by atoms with Crippen LogP contribution in [-0.2, 0) is 37.0 Å². The van der Waals surface area contributed by atoms with E-state index in [1.165, 1.54) is 4.90 Å². The minimum Gasteiger partial charge on any atom is -0.459 e. The molecule has 0 saturated carbocycles. The van der Waals surface area contributed by atoms with E-state index in [1.807, 2.05) is 60.7 Å². The van der Waals surface area contributed by atoms with Crippen molar-refractivity contribution < 1.29 is 28.6 Å². The summed E-state index contributed by atoms with van der Waals surface area (Å²) in [6, 6.07) is 16.1. The minimum absolute atomic E-state index is 0.0180. The van der Waals surface area contributed by atoms with Crippen molar-refractivity contribution >= 4 is 18.0 Å². The second kappa shape index (κ2) is 11.0. The highest BCUT2D eigenvalue weighted by atomic mass is 16.6. The first-order valence-electron chi connectivity index (χ1n) is 10.9. The van der Waals surface area contributed by atoms with Gasteiger partial charge in [-0.1, -0.05) is 60.7 Å². The van der Waals surface area contributed by atoms with Gasteiger partial charge in [-0.05, 0) is 31.9 Å². The van der Waals surface area contributed by atoms with Gasteiger partial charge in [-0.15, -0.1) is 0 Å². The fourth-order valence-corrected chi connectivity index (χ4v) is 3.43. The Kier molecular flexibility index (Phi) is 8.06. The van der Waals surface area contributed by atoms with Crippen molar-refractivity contribution in [3.63, 3.8) is 0 Å². The number of nitrogens with zero attached hydrogens (tertiary/aromatic N) is 1. The van der Waals surface area contributed by atoms with Crippen molar-refractivity contribution in [1.29, 1.82) is 0 Å². The van der Waals surface area contributed by atoms with Gasteiger partial charge in [0.2, 0.25) is 0 Å². The van der Waals surface area contributed by atoms with E-state index < -0.39 is 35.7 Å². The third-order valence-electron chi connectivity index (χ3n) is 4.93. The summed E-state index contributed by atoms with van der Waals surface area (Å²) in [5.74, 6) is -1.34. The van der Waals surface area contributed by atoms with E-state index in [0.29, 0.717) is 6.54 Å². The minimum atomic E-state index is -1.22. The lowest BCUT2D eigenvalue weighted by Crippen LogP contribution is -2.66. The van der Waals surface area contributed by atoms with Gasteiger partial charge < -0.3 is 19.5 Å². The van der Waals surface area contributed by atoms with Crippen LogP contribution < -0.4 is 5.32 Å². The smallest absolute Gasteiger partial charge is 0.410 e. The van der Waals surface area contributed by atoms with Crippen LogP contribution in [0.25, 0.3) is 0 Å². The Bertz CT molecular complexity index is 942. The first-order chi connectivity index (χ1) is 15.7. The Morgan fingerprint density at radius 3 is 1.97 bits per heavy atom. The zero-order valence-corrected chi connectivity index (χ0v) is 19.2. The van der Waals surface area contributed by atoms with Gasteiger partial charge in [0.25, 0.3) is 0 Å². The van der Waals surface area contributed by atoms with Gasteiger partial charge in [-0.25, -0.2) is 9.59 Å². The van der Waals surface area contributed by atoms with Gasteiger partial charge in [0.05, 0.1) is 0 Å². The highest BCUT2D eigenvalue weighted by molar-refractivity contribution is 5.90. The molecule has 1 amide bonds. The predicted octanol–water partition coefficient (Wildman–Crippen LogP) is 3.05. The number of benzene rings is 2. The molecule has 1 fully saturated rings. The summed E-state index contributed by atoms with van der Waals surface area (Å²) in [5, 5.41) is 3.00. The van der Waals surface area contributed by atoms with Crippen molar-refractivity contribution in [2.45, 2.75) is 51.7 Å². The fourth-order valence-electron chi connectivity index (χ4n) is 3.43. The summed E-state index contributed by atoms with van der Waals surface area (Å²) >= 11 is 0. The van der Waals surface area contributed by atoms with Crippen molar-refractivity contribution in [3.05, 3.63) is 71.8 Å². The molecule has 0 spiro atoms. The third-order valence-corrected chi connectivity index (χ3v) is 4.93. The van der Waals surface area contributed by atoms with E-state index in [2.05, 4.69) is 5.32 Å². The van der Waals surface area contributed by atoms with Gasteiger partial charge in [-0.2, -0.15) is 0 Å². The monoisotopic (exact) mass is 454 g/mol. The topological polar surface area (TPSA) is 94.2 Å². The first kappa shape index (κ1) is 24.3. The van der Waals surface area contributed by atoms with Crippen LogP contribution in [0.15, 0.2) is 60.7 Å². The summed E-state index contributed by atoms with van der Waals surface area (Å²) in [7, 11) is 0. The van der Waals surface area contributed by atoms with Gasteiger partial charge in [0, 0.05) is 13.1 Å². The quantitative estimate of drug-likeness (QED) is 0.530. The summed E-state index contributed by atoms with van der Waals surface area (Å²) in [5.41, 5.74) is 0.849. The van der Waals surface area contributed by atoms with Crippen LogP contribution in [0.5, 0.6) is 0 Å². The number of hydrogen-bond acceptors (Lipinski definition) is 7. The number of ether oxygens (including phenoxy) is 3. The van der Waals surface area contributed by atoms with Crippen LogP contribution in [0.2, 0.25) is 0 Å². The highest BCUT2D eigenvalue weighted by Gasteiger charge is 2.46. The van der Waals surface area contributed by atoms with Crippen LogP contribution in [0, 0.1) is 0 Å². The van der Waals surface area contributed by atoms with Crippen molar-refractivity contribution in [1.82, 2.24) is 10.2 Å². The van der Waals surface area contributed by atoms with E-state index >= 15 is 0 Å². The average Bonchev–Trinajstić information content (AvgIpc) is 2.80. The van der Waals surface area contributed by atoms with E-state index in [4.69, 9.17) is 14.2 Å². The van der Waals surface area contributed by atoms with Crippen LogP contribution in [0.3, 0.4) is 0 Å². The van der Waals surface area contributed by atoms with Crippen LogP contribution in [0.1, 0.15) is 31.9 Å². The van der Waals surface area contributed by atoms with Gasteiger partial charge in [0.15, 0.2) is 6.04 Å². The zero-order chi connectivity index (χ0) is 23.8. The lowest BCUT2D eigenvalue weighted by molar-refractivity contribution is -0.167. The van der Waals surface area contributed by atoms with Crippen molar-refractivity contribution in [2.75, 3.05) is 13.1 Å². The van der Waals surface area contributed by atoms with Crippen LogP contribution >= 0.6 is 0 Å². The maximum absolute atomic E-state index is 13.1. The molecule has 2 aromatic rings.